The molecule has 0 saturated heterocycles. The van der Waals surface area contributed by atoms with Gasteiger partial charge in [-0.1, -0.05) is 0 Å². The van der Waals surface area contributed by atoms with Crippen LogP contribution in [0.5, 0.6) is 11.5 Å². The van der Waals surface area contributed by atoms with E-state index in [9.17, 15) is 26.3 Å². The van der Waals surface area contributed by atoms with E-state index in [1.54, 1.807) is 0 Å². The second kappa shape index (κ2) is 12.9. The molecule has 2 aliphatic carbocycles. The third-order valence-corrected chi connectivity index (χ3v) is 17.7. The minimum absolute atomic E-state index is 0.220. The van der Waals surface area contributed by atoms with Crippen molar-refractivity contribution < 1.29 is 53.1 Å². The molecule has 0 N–H and O–H groups in total. The van der Waals surface area contributed by atoms with Crippen LogP contribution in [0.1, 0.15) is 107 Å². The predicted octanol–water partition coefficient (Wildman–Crippen LogP) is 13.5. The van der Waals surface area contributed by atoms with Gasteiger partial charge in [0.25, 0.3) is 0 Å². The maximum atomic E-state index is 13.7. The Labute approximate surface area is 294 Å². The zero-order valence-electron chi connectivity index (χ0n) is 30.8. The van der Waals surface area contributed by atoms with Crippen molar-refractivity contribution in [2.45, 2.75) is 108 Å². The standard InChI is InChI=1S/2C13H21.2C7H5F3O.Zr/c2*1-12(2,3)10-7-8-11(9-10)13(4,5)6;2*8-7(9,10)5-1-3-6(11)4-2-5;/h2*7H,8H2,1-6H3;2*1-4,11H;/q;;;;+2/p-2. The summed E-state index contributed by atoms with van der Waals surface area (Å²) in [6.07, 6.45) is -3.41. The van der Waals surface area contributed by atoms with Crippen LogP contribution in [0.15, 0.2) is 89.5 Å². The molecule has 268 valence electrons. The Balaban J connectivity index is 2.22. The molecule has 0 amide bonds. The summed E-state index contributed by atoms with van der Waals surface area (Å²) in [5, 5.41) is 0. The molecule has 2 aromatic carbocycles. The van der Waals surface area contributed by atoms with Gasteiger partial charge in [0.15, 0.2) is 0 Å². The Hall–Kier alpha value is -2.54. The second-order valence-corrected chi connectivity index (χ2v) is 23.7. The van der Waals surface area contributed by atoms with Gasteiger partial charge in [-0.05, 0) is 0 Å². The maximum absolute atomic E-state index is 13.7. The first-order valence-electron chi connectivity index (χ1n) is 16.7. The third-order valence-electron chi connectivity index (χ3n) is 9.13. The van der Waals surface area contributed by atoms with Crippen molar-refractivity contribution in [1.29, 1.82) is 0 Å². The van der Waals surface area contributed by atoms with Crippen LogP contribution in [0.2, 0.25) is 0 Å². The average Bonchev–Trinajstić information content (AvgIpc) is 3.59. The molecule has 2 nitrogen and oxygen atoms in total. The molecule has 0 radical (unpaired) electrons. The first-order valence-corrected chi connectivity index (χ1v) is 21.2. The average molecular weight is 768 g/mol. The summed E-state index contributed by atoms with van der Waals surface area (Å²) in [5.74, 6) is 0.440. The van der Waals surface area contributed by atoms with Gasteiger partial charge in [-0.25, -0.2) is 0 Å². The quantitative estimate of drug-likeness (QED) is 0.273. The molecule has 0 bridgehead atoms. The molecule has 0 saturated carbocycles. The van der Waals surface area contributed by atoms with E-state index in [1.165, 1.54) is 24.3 Å². The minimum atomic E-state index is -5.38. The fourth-order valence-electron chi connectivity index (χ4n) is 6.72. The second-order valence-electron chi connectivity index (χ2n) is 17.2. The summed E-state index contributed by atoms with van der Waals surface area (Å²) in [5.41, 5.74) is 1.18. The molecule has 0 heterocycles. The molecule has 4 rings (SSSR count). The van der Waals surface area contributed by atoms with Crippen molar-refractivity contribution in [2.24, 2.45) is 21.7 Å². The summed E-state index contributed by atoms with van der Waals surface area (Å²) in [4.78, 5) is 0. The van der Waals surface area contributed by atoms with E-state index >= 15 is 0 Å². The zero-order valence-corrected chi connectivity index (χ0v) is 33.2. The van der Waals surface area contributed by atoms with Crippen molar-refractivity contribution in [3.63, 3.8) is 0 Å². The Morgan fingerprint density at radius 3 is 0.959 bits per heavy atom. The predicted molar refractivity (Wildman–Crippen MR) is 181 cm³/mol. The molecule has 0 aliphatic heterocycles. The summed E-state index contributed by atoms with van der Waals surface area (Å²) in [6.45, 7) is 25.5. The molecule has 49 heavy (non-hydrogen) atoms. The SMILES string of the molecule is CC(C)(C)C1=CCC(C(C)(C)C)=[C]1[Zr]([O]c1ccc(C(F)(F)F)cc1)([O]c1ccc(C(F)(F)F)cc1)[C]1=C(C(C)(C)C)CC=C1C(C)(C)C. The van der Waals surface area contributed by atoms with Gasteiger partial charge in [0, 0.05) is 0 Å². The first-order chi connectivity index (χ1) is 22.1. The van der Waals surface area contributed by atoms with E-state index < -0.39 is 44.6 Å². The monoisotopic (exact) mass is 766 g/mol. The van der Waals surface area contributed by atoms with E-state index in [-0.39, 0.29) is 33.2 Å². The normalized spacial score (nSPS) is 17.1. The van der Waals surface area contributed by atoms with Gasteiger partial charge in [0.05, 0.1) is 0 Å². The molecular weight excluding hydrogens is 718 g/mol. The van der Waals surface area contributed by atoms with Crippen molar-refractivity contribution in [3.05, 3.63) is 101 Å². The van der Waals surface area contributed by atoms with Crippen LogP contribution in [0.4, 0.5) is 26.3 Å². The van der Waals surface area contributed by atoms with E-state index in [1.807, 2.05) is 0 Å². The molecule has 9 heteroatoms. The van der Waals surface area contributed by atoms with E-state index in [0.717, 1.165) is 53.1 Å². The molecule has 0 spiro atoms. The number of allylic oxidation sites excluding steroid dienone is 8. The number of alkyl halides is 6. The van der Waals surface area contributed by atoms with Crippen LogP contribution in [-0.2, 0) is 33.5 Å². The van der Waals surface area contributed by atoms with Crippen LogP contribution in [0.25, 0.3) is 0 Å². The van der Waals surface area contributed by atoms with E-state index in [2.05, 4.69) is 95.2 Å². The van der Waals surface area contributed by atoms with Crippen LogP contribution in [0, 0.1) is 21.7 Å². The van der Waals surface area contributed by atoms with Gasteiger partial charge < -0.3 is 0 Å². The van der Waals surface area contributed by atoms with Crippen molar-refractivity contribution in [3.8, 4) is 11.5 Å². The van der Waals surface area contributed by atoms with Gasteiger partial charge in [0.2, 0.25) is 0 Å². The van der Waals surface area contributed by atoms with Crippen LogP contribution in [0.3, 0.4) is 0 Å². The van der Waals surface area contributed by atoms with Crippen LogP contribution in [-0.4, -0.2) is 0 Å². The molecule has 2 aliphatic rings. The van der Waals surface area contributed by atoms with Gasteiger partial charge in [-0.2, -0.15) is 0 Å². The van der Waals surface area contributed by atoms with E-state index in [4.69, 9.17) is 5.63 Å². The van der Waals surface area contributed by atoms with Gasteiger partial charge in [-0.3, -0.25) is 0 Å². The third kappa shape index (κ3) is 8.34. The van der Waals surface area contributed by atoms with Crippen LogP contribution < -0.4 is 5.63 Å². The topological polar surface area (TPSA) is 18.5 Å². The molecule has 2 aromatic rings. The summed E-state index contributed by atoms with van der Waals surface area (Å²) in [7, 11) is 0. The van der Waals surface area contributed by atoms with Crippen molar-refractivity contribution in [1.82, 2.24) is 0 Å². The first kappa shape index (κ1) is 39.3. The Kier molecular flexibility index (Phi) is 10.3. The number of rotatable bonds is 6. The van der Waals surface area contributed by atoms with Gasteiger partial charge in [0.1, 0.15) is 0 Å². The molecule has 0 aromatic heterocycles. The number of hydrogen-bond donors (Lipinski definition) is 0. The van der Waals surface area contributed by atoms with E-state index in [0.29, 0.717) is 12.8 Å². The number of hydrogen-bond acceptors (Lipinski definition) is 2. The Bertz CT molecular complexity index is 1550. The molecular formula is C40H50F6O2Zr. The molecule has 0 atom stereocenters. The molecule has 0 unspecified atom stereocenters. The number of halogens is 6. The van der Waals surface area contributed by atoms with Crippen LogP contribution >= 0.6 is 0 Å². The Morgan fingerprint density at radius 2 is 0.735 bits per heavy atom. The molecule has 0 fully saturated rings. The summed E-state index contributed by atoms with van der Waals surface area (Å²) < 4.78 is 98.9. The Morgan fingerprint density at radius 1 is 0.449 bits per heavy atom. The fraction of sp³-hybridized carbons (Fsp3) is 0.500. The van der Waals surface area contributed by atoms with Crippen molar-refractivity contribution in [2.75, 3.05) is 0 Å². The summed E-state index contributed by atoms with van der Waals surface area (Å²) in [6, 6.07) is 9.38. The fourth-order valence-corrected chi connectivity index (χ4v) is 19.1. The van der Waals surface area contributed by atoms with Gasteiger partial charge in [-0.15, -0.1) is 0 Å². The summed E-state index contributed by atoms with van der Waals surface area (Å²) >= 11 is -5.38. The number of benzene rings is 2. The van der Waals surface area contributed by atoms with Crippen molar-refractivity contribution >= 4 is 0 Å². The van der Waals surface area contributed by atoms with Gasteiger partial charge >= 0.3 is 295 Å². The zero-order chi connectivity index (χ0) is 37.2.